The summed E-state index contributed by atoms with van der Waals surface area (Å²) >= 11 is 1.70. The third-order valence-electron chi connectivity index (χ3n) is 9.83. The van der Waals surface area contributed by atoms with E-state index in [4.69, 9.17) is 0 Å². The van der Waals surface area contributed by atoms with E-state index < -0.39 is 5.41 Å². The second kappa shape index (κ2) is 9.01. The molecular formula is C42H25NOS. The molecule has 8 aromatic rings. The van der Waals surface area contributed by atoms with Crippen LogP contribution in [0.2, 0.25) is 0 Å². The van der Waals surface area contributed by atoms with Crippen molar-refractivity contribution in [1.29, 1.82) is 0 Å². The first-order chi connectivity index (χ1) is 22.2. The van der Waals surface area contributed by atoms with Crippen molar-refractivity contribution < 1.29 is 0 Å². The highest BCUT2D eigenvalue weighted by Gasteiger charge is 2.51. The van der Waals surface area contributed by atoms with Gasteiger partial charge in [0.15, 0.2) is 5.43 Å². The van der Waals surface area contributed by atoms with Crippen LogP contribution in [0.3, 0.4) is 0 Å². The summed E-state index contributed by atoms with van der Waals surface area (Å²) in [4.78, 5) is 16.5. The highest BCUT2D eigenvalue weighted by molar-refractivity contribution is 7.24. The minimum Gasteiger partial charge on any atom is -0.310 e. The predicted octanol–water partition coefficient (Wildman–Crippen LogP) is 10.7. The van der Waals surface area contributed by atoms with Gasteiger partial charge >= 0.3 is 0 Å². The molecule has 0 unspecified atom stereocenters. The van der Waals surface area contributed by atoms with Crippen LogP contribution in [0.25, 0.3) is 42.1 Å². The number of anilines is 3. The number of benzene rings is 7. The molecular weight excluding hydrogens is 567 g/mol. The van der Waals surface area contributed by atoms with Crippen LogP contribution in [0, 0.1) is 0 Å². The maximum atomic E-state index is 14.1. The Labute approximate surface area is 264 Å². The van der Waals surface area contributed by atoms with Crippen LogP contribution in [0.5, 0.6) is 0 Å². The lowest BCUT2D eigenvalue weighted by molar-refractivity contribution is 0.753. The van der Waals surface area contributed by atoms with Gasteiger partial charge < -0.3 is 4.90 Å². The molecule has 0 fully saturated rings. The number of nitrogens with zero attached hydrogens (tertiary/aromatic N) is 1. The first-order valence-electron chi connectivity index (χ1n) is 15.3. The Morgan fingerprint density at radius 3 is 1.91 bits per heavy atom. The monoisotopic (exact) mass is 591 g/mol. The van der Waals surface area contributed by atoms with Gasteiger partial charge in [-0.25, -0.2) is 0 Å². The lowest BCUT2D eigenvalue weighted by atomic mass is 9.64. The van der Waals surface area contributed by atoms with E-state index in [-0.39, 0.29) is 5.43 Å². The average Bonchev–Trinajstić information content (AvgIpc) is 3.37. The molecule has 210 valence electrons. The summed E-state index contributed by atoms with van der Waals surface area (Å²) in [6, 6.07) is 54.2. The van der Waals surface area contributed by atoms with E-state index >= 15 is 0 Å². The van der Waals surface area contributed by atoms with Crippen LogP contribution in [0.15, 0.2) is 156 Å². The Balaban J connectivity index is 1.34. The summed E-state index contributed by atoms with van der Waals surface area (Å²) in [5.41, 5.74) is 10.3. The topological polar surface area (TPSA) is 20.3 Å². The van der Waals surface area contributed by atoms with Crippen molar-refractivity contribution in [2.24, 2.45) is 0 Å². The van der Waals surface area contributed by atoms with Crippen LogP contribution in [-0.4, -0.2) is 0 Å². The Hall–Kier alpha value is -5.51. The lowest BCUT2D eigenvalue weighted by Gasteiger charge is -2.45. The minimum atomic E-state index is -0.580. The molecule has 3 heteroatoms. The first-order valence-corrected chi connectivity index (χ1v) is 16.1. The highest BCUT2D eigenvalue weighted by atomic mass is 32.1. The van der Waals surface area contributed by atoms with Gasteiger partial charge in [-0.05, 0) is 92.7 Å². The molecule has 0 bridgehead atoms. The minimum absolute atomic E-state index is 0.100. The van der Waals surface area contributed by atoms with Gasteiger partial charge in [-0.1, -0.05) is 103 Å². The van der Waals surface area contributed by atoms with Crippen molar-refractivity contribution in [3.63, 3.8) is 0 Å². The fraction of sp³-hybridized carbons (Fsp3) is 0.0238. The average molecular weight is 592 g/mol. The third kappa shape index (κ3) is 3.20. The molecule has 10 rings (SSSR count). The van der Waals surface area contributed by atoms with E-state index in [0.717, 1.165) is 37.2 Å². The second-order valence-corrected chi connectivity index (χ2v) is 13.1. The van der Waals surface area contributed by atoms with Gasteiger partial charge in [0.2, 0.25) is 0 Å². The van der Waals surface area contributed by atoms with Crippen LogP contribution in [0.4, 0.5) is 17.1 Å². The molecule has 1 aromatic heterocycles. The Bertz CT molecular complexity index is 2550. The molecule has 1 aliphatic carbocycles. The van der Waals surface area contributed by atoms with Crippen molar-refractivity contribution in [1.82, 2.24) is 0 Å². The van der Waals surface area contributed by atoms with Gasteiger partial charge in [-0.2, -0.15) is 0 Å². The maximum Gasteiger partial charge on any atom is 0.195 e. The molecule has 0 saturated heterocycles. The molecule has 0 N–H and O–H groups in total. The quantitative estimate of drug-likeness (QED) is 0.177. The molecule has 1 aliphatic heterocycles. The standard InChI is InChI=1S/C42H25NOS/c44-41-30-14-4-10-20-39(30)45-40-25-31-29-13-3-5-15-33(29)42(36(31)24-32(40)41)34-16-6-8-18-37(34)43(38-19-9-7-17-35(38)42)28-22-21-26-11-1-2-12-27(26)23-28/h1-25H. The maximum absolute atomic E-state index is 14.1. The SMILES string of the molecule is O=c1c2ccccc2sc2cc3c(cc12)C1(c2ccccc2-3)c2ccccc2N(c2ccc3ccccc3c2)c2ccccc21. The fourth-order valence-electron chi connectivity index (χ4n) is 7.99. The van der Waals surface area contributed by atoms with Crippen LogP contribution in [0.1, 0.15) is 22.3 Å². The van der Waals surface area contributed by atoms with Crippen LogP contribution < -0.4 is 10.3 Å². The van der Waals surface area contributed by atoms with Gasteiger partial charge in [-0.15, -0.1) is 11.3 Å². The molecule has 1 spiro atoms. The zero-order valence-electron chi connectivity index (χ0n) is 24.2. The zero-order chi connectivity index (χ0) is 29.7. The van der Waals surface area contributed by atoms with E-state index in [1.54, 1.807) is 11.3 Å². The number of hydrogen-bond donors (Lipinski definition) is 0. The molecule has 0 saturated carbocycles. The Kier molecular flexibility index (Phi) is 4.98. The van der Waals surface area contributed by atoms with Gasteiger partial charge in [0.05, 0.1) is 16.8 Å². The first kappa shape index (κ1) is 24.9. The number of hydrogen-bond acceptors (Lipinski definition) is 3. The summed E-state index contributed by atoms with van der Waals surface area (Å²) in [7, 11) is 0. The fourth-order valence-corrected chi connectivity index (χ4v) is 9.08. The zero-order valence-corrected chi connectivity index (χ0v) is 25.0. The van der Waals surface area contributed by atoms with E-state index in [1.807, 2.05) is 18.2 Å². The largest absolute Gasteiger partial charge is 0.310 e. The van der Waals surface area contributed by atoms with Gasteiger partial charge in [0.25, 0.3) is 0 Å². The summed E-state index contributed by atoms with van der Waals surface area (Å²) in [5, 5.41) is 4.01. The summed E-state index contributed by atoms with van der Waals surface area (Å²) in [5.74, 6) is 0. The number of para-hydroxylation sites is 2. The smallest absolute Gasteiger partial charge is 0.195 e. The molecule has 2 aliphatic rings. The number of fused-ring (bicyclic) bond motifs is 12. The molecule has 2 nitrogen and oxygen atoms in total. The number of rotatable bonds is 1. The predicted molar refractivity (Wildman–Crippen MR) is 189 cm³/mol. The summed E-state index contributed by atoms with van der Waals surface area (Å²) in [6.07, 6.45) is 0. The van der Waals surface area contributed by atoms with Crippen LogP contribution in [-0.2, 0) is 5.41 Å². The lowest BCUT2D eigenvalue weighted by Crippen LogP contribution is -2.36. The van der Waals surface area contributed by atoms with E-state index in [9.17, 15) is 4.79 Å². The Morgan fingerprint density at radius 2 is 1.11 bits per heavy atom. The van der Waals surface area contributed by atoms with Crippen molar-refractivity contribution in [2.75, 3.05) is 4.90 Å². The molecule has 2 heterocycles. The van der Waals surface area contributed by atoms with Crippen LogP contribution >= 0.6 is 11.3 Å². The van der Waals surface area contributed by atoms with Crippen molar-refractivity contribution in [2.45, 2.75) is 5.41 Å². The second-order valence-electron chi connectivity index (χ2n) is 12.0. The summed E-state index contributed by atoms with van der Waals surface area (Å²) in [6.45, 7) is 0. The molecule has 0 amide bonds. The van der Waals surface area contributed by atoms with Crippen molar-refractivity contribution >= 4 is 59.3 Å². The highest BCUT2D eigenvalue weighted by Crippen LogP contribution is 2.63. The normalized spacial score (nSPS) is 14.0. The van der Waals surface area contributed by atoms with E-state index in [1.165, 1.54) is 44.2 Å². The molecule has 7 aromatic carbocycles. The van der Waals surface area contributed by atoms with Gasteiger partial charge in [0, 0.05) is 25.9 Å². The Morgan fingerprint density at radius 1 is 0.467 bits per heavy atom. The molecule has 45 heavy (non-hydrogen) atoms. The van der Waals surface area contributed by atoms with Crippen molar-refractivity contribution in [3.05, 3.63) is 184 Å². The van der Waals surface area contributed by atoms with Gasteiger partial charge in [-0.3, -0.25) is 4.79 Å². The van der Waals surface area contributed by atoms with Gasteiger partial charge in [0.1, 0.15) is 0 Å². The van der Waals surface area contributed by atoms with Crippen molar-refractivity contribution in [3.8, 4) is 11.1 Å². The van der Waals surface area contributed by atoms with E-state index in [2.05, 4.69) is 138 Å². The van der Waals surface area contributed by atoms with E-state index in [0.29, 0.717) is 0 Å². The molecule has 0 atom stereocenters. The summed E-state index contributed by atoms with van der Waals surface area (Å²) < 4.78 is 2.05. The third-order valence-corrected chi connectivity index (χ3v) is 11.0. The molecule has 0 radical (unpaired) electrons.